The van der Waals surface area contributed by atoms with Gasteiger partial charge in [0.2, 0.25) is 0 Å². The van der Waals surface area contributed by atoms with E-state index in [0.29, 0.717) is 5.92 Å². The summed E-state index contributed by atoms with van der Waals surface area (Å²) in [6.45, 7) is 4.33. The van der Waals surface area contributed by atoms with Gasteiger partial charge in [0, 0.05) is 12.2 Å². The van der Waals surface area contributed by atoms with Crippen molar-refractivity contribution in [1.82, 2.24) is 10.2 Å². The second kappa shape index (κ2) is 3.53. The number of nitrogens with two attached hydrogens (primary N) is 1. The first-order valence-electron chi connectivity index (χ1n) is 3.95. The van der Waals surface area contributed by atoms with Crippen LogP contribution in [0.5, 0.6) is 0 Å². The molecule has 0 radical (unpaired) electrons. The van der Waals surface area contributed by atoms with Crippen LogP contribution in [-0.2, 0) is 0 Å². The first-order valence-corrected chi connectivity index (χ1v) is 3.95. The van der Waals surface area contributed by atoms with Gasteiger partial charge in [-0.15, -0.1) is 0 Å². The summed E-state index contributed by atoms with van der Waals surface area (Å²) in [6.07, 6.45) is 2.73. The Hall–Kier alpha value is -0.830. The zero-order chi connectivity index (χ0) is 8.27. The molecule has 0 aliphatic rings. The number of hydrogen-bond donors (Lipinski definition) is 2. The lowest BCUT2D eigenvalue weighted by Gasteiger charge is -2.11. The monoisotopic (exact) mass is 153 g/mol. The number of hydrogen-bond acceptors (Lipinski definition) is 2. The van der Waals surface area contributed by atoms with Crippen LogP contribution in [0.1, 0.15) is 32.0 Å². The van der Waals surface area contributed by atoms with Gasteiger partial charge in [0.1, 0.15) is 0 Å². The molecule has 1 aromatic heterocycles. The van der Waals surface area contributed by atoms with E-state index < -0.39 is 0 Å². The molecular formula is C8H15N3. The highest BCUT2D eigenvalue weighted by molar-refractivity contribution is 5.03. The molecule has 0 unspecified atom stereocenters. The summed E-state index contributed by atoms with van der Waals surface area (Å²) in [7, 11) is 0. The van der Waals surface area contributed by atoms with Gasteiger partial charge in [-0.1, -0.05) is 13.8 Å². The molecule has 0 saturated heterocycles. The van der Waals surface area contributed by atoms with Gasteiger partial charge in [0.05, 0.1) is 5.69 Å². The van der Waals surface area contributed by atoms with Crippen LogP contribution < -0.4 is 5.73 Å². The number of aromatic amines is 1. The highest BCUT2D eigenvalue weighted by Crippen LogP contribution is 2.15. The minimum atomic E-state index is 0.109. The molecule has 1 heterocycles. The summed E-state index contributed by atoms with van der Waals surface area (Å²) in [5.41, 5.74) is 6.90. The lowest BCUT2D eigenvalue weighted by atomic mass is 10.0. The summed E-state index contributed by atoms with van der Waals surface area (Å²) in [5.74, 6) is 0.633. The van der Waals surface area contributed by atoms with Gasteiger partial charge in [-0.2, -0.15) is 5.10 Å². The average Bonchev–Trinajstić information content (AvgIpc) is 2.35. The lowest BCUT2D eigenvalue weighted by molar-refractivity contribution is 0.501. The zero-order valence-electron chi connectivity index (χ0n) is 7.04. The van der Waals surface area contributed by atoms with Crippen LogP contribution in [0.4, 0.5) is 0 Å². The predicted molar refractivity (Wildman–Crippen MR) is 45.0 cm³/mol. The standard InChI is InChI=1S/C8H15N3/c1-6(2)5-7(9)8-3-4-10-11-8/h3-4,6-7H,5,9H2,1-2H3,(H,10,11)/t7-/m1/s1. The first kappa shape index (κ1) is 8.27. The van der Waals surface area contributed by atoms with Crippen LogP contribution in [0.2, 0.25) is 0 Å². The van der Waals surface area contributed by atoms with Crippen molar-refractivity contribution in [2.75, 3.05) is 0 Å². The van der Waals surface area contributed by atoms with Crippen LogP contribution in [-0.4, -0.2) is 10.2 Å². The Kier molecular flexibility index (Phi) is 2.65. The maximum Gasteiger partial charge on any atom is 0.0519 e. The van der Waals surface area contributed by atoms with Crippen molar-refractivity contribution in [3.8, 4) is 0 Å². The molecule has 0 aliphatic carbocycles. The van der Waals surface area contributed by atoms with Gasteiger partial charge < -0.3 is 5.73 Å². The molecule has 0 saturated carbocycles. The Balaban J connectivity index is 2.49. The third kappa shape index (κ3) is 2.35. The molecule has 11 heavy (non-hydrogen) atoms. The van der Waals surface area contributed by atoms with E-state index in [1.807, 2.05) is 6.07 Å². The Labute approximate surface area is 67.0 Å². The molecule has 0 amide bonds. The molecule has 1 aromatic rings. The molecule has 1 atom stereocenters. The molecule has 1 rings (SSSR count). The molecule has 0 bridgehead atoms. The molecule has 62 valence electrons. The third-order valence-corrected chi connectivity index (χ3v) is 1.65. The molecule has 3 heteroatoms. The van der Waals surface area contributed by atoms with Crippen molar-refractivity contribution in [1.29, 1.82) is 0 Å². The molecule has 3 N–H and O–H groups in total. The van der Waals surface area contributed by atoms with Crippen molar-refractivity contribution in [3.05, 3.63) is 18.0 Å². The minimum Gasteiger partial charge on any atom is -0.323 e. The van der Waals surface area contributed by atoms with E-state index >= 15 is 0 Å². The van der Waals surface area contributed by atoms with E-state index in [1.54, 1.807) is 6.20 Å². The van der Waals surface area contributed by atoms with Crippen LogP contribution >= 0.6 is 0 Å². The van der Waals surface area contributed by atoms with Gasteiger partial charge >= 0.3 is 0 Å². The zero-order valence-corrected chi connectivity index (χ0v) is 7.04. The highest BCUT2D eigenvalue weighted by Gasteiger charge is 2.08. The SMILES string of the molecule is CC(C)C[C@@H](N)c1ccn[nH]1. The van der Waals surface area contributed by atoms with Crippen LogP contribution in [0.3, 0.4) is 0 Å². The molecule has 0 aromatic carbocycles. The highest BCUT2D eigenvalue weighted by atomic mass is 15.1. The van der Waals surface area contributed by atoms with Gasteiger partial charge in [0.25, 0.3) is 0 Å². The Bertz CT molecular complexity index is 191. The summed E-state index contributed by atoms with van der Waals surface area (Å²) in [6, 6.07) is 2.03. The minimum absolute atomic E-state index is 0.109. The van der Waals surface area contributed by atoms with E-state index in [4.69, 9.17) is 5.73 Å². The van der Waals surface area contributed by atoms with E-state index in [1.165, 1.54) is 0 Å². The molecule has 0 aliphatic heterocycles. The van der Waals surface area contributed by atoms with Crippen LogP contribution in [0, 0.1) is 5.92 Å². The van der Waals surface area contributed by atoms with Gasteiger partial charge in [0.15, 0.2) is 0 Å². The molecule has 0 fully saturated rings. The largest absolute Gasteiger partial charge is 0.323 e. The predicted octanol–water partition coefficient (Wildman–Crippen LogP) is 1.46. The van der Waals surface area contributed by atoms with E-state index in [2.05, 4.69) is 24.0 Å². The number of rotatable bonds is 3. The second-order valence-corrected chi connectivity index (χ2v) is 3.25. The van der Waals surface area contributed by atoms with Gasteiger partial charge in [-0.3, -0.25) is 5.10 Å². The smallest absolute Gasteiger partial charge is 0.0519 e. The van der Waals surface area contributed by atoms with E-state index in [-0.39, 0.29) is 6.04 Å². The van der Waals surface area contributed by atoms with E-state index in [9.17, 15) is 0 Å². The van der Waals surface area contributed by atoms with Crippen molar-refractivity contribution in [2.45, 2.75) is 26.3 Å². The molecule has 0 spiro atoms. The average molecular weight is 153 g/mol. The fraction of sp³-hybridized carbons (Fsp3) is 0.625. The maximum atomic E-state index is 5.87. The Morgan fingerprint density at radius 3 is 2.82 bits per heavy atom. The van der Waals surface area contributed by atoms with Crippen molar-refractivity contribution in [2.24, 2.45) is 11.7 Å². The quantitative estimate of drug-likeness (QED) is 0.690. The number of nitrogens with one attached hydrogen (secondary N) is 1. The molecular weight excluding hydrogens is 138 g/mol. The topological polar surface area (TPSA) is 54.7 Å². The van der Waals surface area contributed by atoms with Crippen molar-refractivity contribution >= 4 is 0 Å². The normalized spacial score (nSPS) is 13.8. The lowest BCUT2D eigenvalue weighted by Crippen LogP contribution is -2.13. The van der Waals surface area contributed by atoms with Crippen LogP contribution in [0.25, 0.3) is 0 Å². The van der Waals surface area contributed by atoms with Crippen molar-refractivity contribution in [3.63, 3.8) is 0 Å². The third-order valence-electron chi connectivity index (χ3n) is 1.65. The van der Waals surface area contributed by atoms with E-state index in [0.717, 1.165) is 12.1 Å². The summed E-state index contributed by atoms with van der Waals surface area (Å²) < 4.78 is 0. The van der Waals surface area contributed by atoms with Gasteiger partial charge in [-0.05, 0) is 18.4 Å². The Morgan fingerprint density at radius 2 is 2.36 bits per heavy atom. The fourth-order valence-corrected chi connectivity index (χ4v) is 1.11. The first-order chi connectivity index (χ1) is 5.20. The second-order valence-electron chi connectivity index (χ2n) is 3.25. The fourth-order valence-electron chi connectivity index (χ4n) is 1.11. The number of nitrogens with zero attached hydrogens (tertiary/aromatic N) is 1. The number of aromatic nitrogens is 2. The summed E-state index contributed by atoms with van der Waals surface area (Å²) in [4.78, 5) is 0. The molecule has 3 nitrogen and oxygen atoms in total. The van der Waals surface area contributed by atoms with Crippen LogP contribution in [0.15, 0.2) is 12.3 Å². The summed E-state index contributed by atoms with van der Waals surface area (Å²) in [5, 5.41) is 6.71. The Morgan fingerprint density at radius 1 is 1.64 bits per heavy atom. The van der Waals surface area contributed by atoms with Gasteiger partial charge in [-0.25, -0.2) is 0 Å². The number of H-pyrrole nitrogens is 1. The maximum absolute atomic E-state index is 5.87. The van der Waals surface area contributed by atoms with Crippen molar-refractivity contribution < 1.29 is 0 Å². The summed E-state index contributed by atoms with van der Waals surface area (Å²) >= 11 is 0.